The van der Waals surface area contributed by atoms with Gasteiger partial charge in [0.25, 0.3) is 0 Å². The first kappa shape index (κ1) is 14.3. The Hall–Kier alpha value is -1.68. The number of para-hydroxylation sites is 1. The number of aliphatic hydroxyl groups is 1. The molecule has 0 spiro atoms. The van der Waals surface area contributed by atoms with Crippen LogP contribution < -0.4 is 0 Å². The second-order valence-electron chi connectivity index (χ2n) is 5.93. The second-order valence-corrected chi connectivity index (χ2v) is 5.93. The van der Waals surface area contributed by atoms with Crippen molar-refractivity contribution in [3.63, 3.8) is 0 Å². The van der Waals surface area contributed by atoms with Gasteiger partial charge in [0.15, 0.2) is 0 Å². The smallest absolute Gasteiger partial charge is 0.112 e. The molecule has 1 aromatic carbocycles. The molecule has 0 radical (unpaired) electrons. The largest absolute Gasteiger partial charge is 0.390 e. The van der Waals surface area contributed by atoms with E-state index in [0.717, 1.165) is 29.4 Å². The van der Waals surface area contributed by atoms with Gasteiger partial charge in [-0.1, -0.05) is 55.5 Å². The second kappa shape index (κ2) is 6.85. The molecule has 1 aliphatic carbocycles. The average molecular weight is 285 g/mol. The summed E-state index contributed by atoms with van der Waals surface area (Å²) in [5.41, 5.74) is 2.80. The molecule has 1 heterocycles. The fourth-order valence-electron chi connectivity index (χ4n) is 3.30. The van der Waals surface area contributed by atoms with Crippen LogP contribution in [0.4, 0.5) is 0 Å². The van der Waals surface area contributed by atoms with Gasteiger partial charge in [-0.2, -0.15) is 0 Å². The van der Waals surface area contributed by atoms with Gasteiger partial charge >= 0.3 is 0 Å². The topological polar surface area (TPSA) is 50.9 Å². The molecule has 2 aromatic rings. The van der Waals surface area contributed by atoms with Crippen molar-refractivity contribution in [3.05, 3.63) is 41.7 Å². The summed E-state index contributed by atoms with van der Waals surface area (Å²) in [6.07, 6.45) is 8.95. The van der Waals surface area contributed by atoms with Crippen LogP contribution in [0.5, 0.6) is 0 Å². The highest BCUT2D eigenvalue weighted by Crippen LogP contribution is 2.28. The quantitative estimate of drug-likeness (QED) is 0.917. The molecular weight excluding hydrogens is 262 g/mol. The van der Waals surface area contributed by atoms with E-state index in [9.17, 15) is 5.11 Å². The minimum atomic E-state index is -0.0349. The minimum absolute atomic E-state index is 0.0349. The van der Waals surface area contributed by atoms with E-state index in [1.165, 1.54) is 38.5 Å². The first-order valence-corrected chi connectivity index (χ1v) is 7.98. The van der Waals surface area contributed by atoms with Gasteiger partial charge in [0.05, 0.1) is 18.0 Å². The number of aromatic nitrogens is 3. The maximum absolute atomic E-state index is 9.50. The molecule has 0 unspecified atom stereocenters. The van der Waals surface area contributed by atoms with E-state index < -0.39 is 0 Å². The van der Waals surface area contributed by atoms with Crippen molar-refractivity contribution < 1.29 is 5.11 Å². The van der Waals surface area contributed by atoms with Crippen molar-refractivity contribution in [3.8, 4) is 5.69 Å². The van der Waals surface area contributed by atoms with E-state index >= 15 is 0 Å². The van der Waals surface area contributed by atoms with Crippen LogP contribution in [-0.2, 0) is 13.0 Å². The first-order valence-electron chi connectivity index (χ1n) is 7.98. The molecule has 1 saturated carbocycles. The van der Waals surface area contributed by atoms with Crippen molar-refractivity contribution in [1.82, 2.24) is 15.0 Å². The summed E-state index contributed by atoms with van der Waals surface area (Å²) < 4.78 is 1.88. The van der Waals surface area contributed by atoms with Gasteiger partial charge < -0.3 is 5.11 Å². The highest BCUT2D eigenvalue weighted by molar-refractivity contribution is 5.33. The van der Waals surface area contributed by atoms with Crippen LogP contribution in [0.2, 0.25) is 0 Å². The highest BCUT2D eigenvalue weighted by atomic mass is 16.3. The van der Waals surface area contributed by atoms with Gasteiger partial charge in [-0.05, 0) is 30.9 Å². The lowest BCUT2D eigenvalue weighted by atomic mass is 9.85. The van der Waals surface area contributed by atoms with Crippen molar-refractivity contribution in [2.24, 2.45) is 5.92 Å². The molecule has 1 aromatic heterocycles. The number of nitrogens with zero attached hydrogens (tertiary/aromatic N) is 3. The van der Waals surface area contributed by atoms with E-state index in [1.54, 1.807) is 0 Å². The van der Waals surface area contributed by atoms with E-state index in [4.69, 9.17) is 0 Å². The molecule has 21 heavy (non-hydrogen) atoms. The molecule has 0 saturated heterocycles. The maximum atomic E-state index is 9.50. The first-order chi connectivity index (χ1) is 10.4. The van der Waals surface area contributed by atoms with Crippen molar-refractivity contribution >= 4 is 0 Å². The normalized spacial score (nSPS) is 16.2. The molecule has 3 rings (SSSR count). The molecule has 4 nitrogen and oxygen atoms in total. The molecule has 1 fully saturated rings. The number of rotatable bonds is 5. The van der Waals surface area contributed by atoms with E-state index in [2.05, 4.69) is 10.3 Å². The molecule has 0 bridgehead atoms. The third-order valence-corrected chi connectivity index (χ3v) is 4.51. The summed E-state index contributed by atoms with van der Waals surface area (Å²) in [6.45, 7) is -0.0349. The Bertz CT molecular complexity index is 559. The van der Waals surface area contributed by atoms with Gasteiger partial charge in [-0.3, -0.25) is 0 Å². The van der Waals surface area contributed by atoms with Crippen LogP contribution >= 0.6 is 0 Å². The number of hydrogen-bond donors (Lipinski definition) is 1. The van der Waals surface area contributed by atoms with E-state index in [-0.39, 0.29) is 6.61 Å². The predicted octanol–water partition coefficient (Wildman–Crippen LogP) is 3.27. The Balaban J connectivity index is 1.77. The van der Waals surface area contributed by atoms with E-state index in [0.29, 0.717) is 0 Å². The van der Waals surface area contributed by atoms with Gasteiger partial charge in [0.2, 0.25) is 0 Å². The average Bonchev–Trinajstić information content (AvgIpc) is 2.97. The van der Waals surface area contributed by atoms with Crippen molar-refractivity contribution in [1.29, 1.82) is 0 Å². The standard InChI is InChI=1S/C17H23N3O/c21-13-16-17(12-11-14-7-3-1-4-8-14)20(19-18-16)15-9-5-2-6-10-15/h2,5-6,9-10,14,21H,1,3-4,7-8,11-13H2. The van der Waals surface area contributed by atoms with Crippen LogP contribution in [0, 0.1) is 5.92 Å². The van der Waals surface area contributed by atoms with Gasteiger partial charge in [-0.25, -0.2) is 4.68 Å². The monoisotopic (exact) mass is 285 g/mol. The zero-order valence-electron chi connectivity index (χ0n) is 12.4. The molecule has 4 heteroatoms. The molecule has 0 amide bonds. The van der Waals surface area contributed by atoms with Crippen molar-refractivity contribution in [2.75, 3.05) is 0 Å². The number of hydrogen-bond acceptors (Lipinski definition) is 3. The maximum Gasteiger partial charge on any atom is 0.112 e. The Morgan fingerprint density at radius 1 is 1.10 bits per heavy atom. The van der Waals surface area contributed by atoms with Gasteiger partial charge in [-0.15, -0.1) is 5.10 Å². The lowest BCUT2D eigenvalue weighted by Gasteiger charge is -2.21. The van der Waals surface area contributed by atoms with Gasteiger partial charge in [0, 0.05) is 0 Å². The van der Waals surface area contributed by atoms with Crippen LogP contribution in [0.1, 0.15) is 49.9 Å². The zero-order valence-corrected chi connectivity index (χ0v) is 12.4. The van der Waals surface area contributed by atoms with Crippen LogP contribution in [0.25, 0.3) is 5.69 Å². The number of benzene rings is 1. The highest BCUT2D eigenvalue weighted by Gasteiger charge is 2.18. The molecular formula is C17H23N3O. The summed E-state index contributed by atoms with van der Waals surface area (Å²) in [6, 6.07) is 10.1. The summed E-state index contributed by atoms with van der Waals surface area (Å²) in [4.78, 5) is 0. The summed E-state index contributed by atoms with van der Waals surface area (Å²) in [5, 5.41) is 17.9. The minimum Gasteiger partial charge on any atom is -0.390 e. The summed E-state index contributed by atoms with van der Waals surface area (Å²) in [7, 11) is 0. The van der Waals surface area contributed by atoms with Crippen molar-refractivity contribution in [2.45, 2.75) is 51.6 Å². The third kappa shape index (κ3) is 3.32. The molecule has 0 atom stereocenters. The zero-order chi connectivity index (χ0) is 14.5. The van der Waals surface area contributed by atoms with Gasteiger partial charge in [0.1, 0.15) is 5.69 Å². The molecule has 1 N–H and O–H groups in total. The van der Waals surface area contributed by atoms with Crippen LogP contribution in [0.15, 0.2) is 30.3 Å². The Kier molecular flexibility index (Phi) is 4.65. The lowest BCUT2D eigenvalue weighted by molar-refractivity contribution is 0.274. The molecule has 0 aliphatic heterocycles. The Morgan fingerprint density at radius 2 is 1.86 bits per heavy atom. The Morgan fingerprint density at radius 3 is 2.57 bits per heavy atom. The predicted molar refractivity (Wildman–Crippen MR) is 82.2 cm³/mol. The third-order valence-electron chi connectivity index (χ3n) is 4.51. The van der Waals surface area contributed by atoms with Crippen LogP contribution in [0.3, 0.4) is 0 Å². The molecule has 1 aliphatic rings. The fraction of sp³-hybridized carbons (Fsp3) is 0.529. The summed E-state index contributed by atoms with van der Waals surface area (Å²) in [5.74, 6) is 0.824. The Labute approximate surface area is 125 Å². The lowest BCUT2D eigenvalue weighted by Crippen LogP contribution is -2.10. The number of aliphatic hydroxyl groups excluding tert-OH is 1. The van der Waals surface area contributed by atoms with E-state index in [1.807, 2.05) is 35.0 Å². The summed E-state index contributed by atoms with van der Waals surface area (Å²) >= 11 is 0. The molecule has 112 valence electrons. The SMILES string of the molecule is OCc1nnn(-c2ccccc2)c1CCC1CCCCC1. The van der Waals surface area contributed by atoms with Crippen LogP contribution in [-0.4, -0.2) is 20.1 Å². The fourth-order valence-corrected chi connectivity index (χ4v) is 3.30.